The van der Waals surface area contributed by atoms with Crippen molar-refractivity contribution in [3.8, 4) is 0 Å². The van der Waals surface area contributed by atoms with E-state index >= 15 is 0 Å². The SMILES string of the molecule is Cc1cc(C)cc(CC(N)c2cnsn2)c1. The van der Waals surface area contributed by atoms with Gasteiger partial charge in [0, 0.05) is 0 Å². The summed E-state index contributed by atoms with van der Waals surface area (Å²) in [6.07, 6.45) is 2.56. The zero-order valence-corrected chi connectivity index (χ0v) is 10.3. The highest BCUT2D eigenvalue weighted by molar-refractivity contribution is 6.99. The molecule has 1 heterocycles. The highest BCUT2D eigenvalue weighted by atomic mass is 32.1. The van der Waals surface area contributed by atoms with Crippen molar-refractivity contribution in [1.82, 2.24) is 8.75 Å². The molecular weight excluding hydrogens is 218 g/mol. The molecule has 0 saturated carbocycles. The van der Waals surface area contributed by atoms with Crippen LogP contribution in [-0.4, -0.2) is 8.75 Å². The fraction of sp³-hybridized carbons (Fsp3) is 0.333. The first-order valence-electron chi connectivity index (χ1n) is 5.25. The molecule has 84 valence electrons. The van der Waals surface area contributed by atoms with Crippen LogP contribution in [0.2, 0.25) is 0 Å². The van der Waals surface area contributed by atoms with E-state index < -0.39 is 0 Å². The number of rotatable bonds is 3. The molecule has 2 aromatic rings. The molecule has 0 amide bonds. The summed E-state index contributed by atoms with van der Waals surface area (Å²) in [4.78, 5) is 0. The maximum Gasteiger partial charge on any atom is 0.0913 e. The van der Waals surface area contributed by atoms with Crippen LogP contribution >= 0.6 is 11.7 Å². The molecule has 4 heteroatoms. The van der Waals surface area contributed by atoms with Gasteiger partial charge in [-0.05, 0) is 25.8 Å². The number of nitrogens with two attached hydrogens (primary N) is 1. The van der Waals surface area contributed by atoms with E-state index in [4.69, 9.17) is 5.73 Å². The zero-order chi connectivity index (χ0) is 11.5. The van der Waals surface area contributed by atoms with Gasteiger partial charge in [0.25, 0.3) is 0 Å². The third-order valence-electron chi connectivity index (χ3n) is 2.50. The topological polar surface area (TPSA) is 51.8 Å². The molecule has 0 bridgehead atoms. The minimum absolute atomic E-state index is 0.0556. The van der Waals surface area contributed by atoms with Crippen molar-refractivity contribution in [1.29, 1.82) is 0 Å². The second-order valence-electron chi connectivity index (χ2n) is 4.14. The Morgan fingerprint density at radius 1 is 1.25 bits per heavy atom. The Hall–Kier alpha value is -1.26. The van der Waals surface area contributed by atoms with Gasteiger partial charge >= 0.3 is 0 Å². The molecule has 0 aliphatic carbocycles. The third kappa shape index (κ3) is 2.65. The molecule has 1 atom stereocenters. The molecule has 0 spiro atoms. The first-order chi connectivity index (χ1) is 7.65. The number of nitrogens with zero attached hydrogens (tertiary/aromatic N) is 2. The minimum atomic E-state index is -0.0556. The van der Waals surface area contributed by atoms with Crippen LogP contribution in [0.5, 0.6) is 0 Å². The van der Waals surface area contributed by atoms with Crippen molar-refractivity contribution in [3.05, 3.63) is 46.8 Å². The molecule has 3 nitrogen and oxygen atoms in total. The quantitative estimate of drug-likeness (QED) is 0.885. The molecular formula is C12H15N3S. The Morgan fingerprint density at radius 3 is 2.50 bits per heavy atom. The lowest BCUT2D eigenvalue weighted by atomic mass is 10.0. The predicted octanol–water partition coefficient (Wildman–Crippen LogP) is 2.40. The molecule has 1 aromatic heterocycles. The van der Waals surface area contributed by atoms with Crippen molar-refractivity contribution in [3.63, 3.8) is 0 Å². The summed E-state index contributed by atoms with van der Waals surface area (Å²) in [5.74, 6) is 0. The smallest absolute Gasteiger partial charge is 0.0913 e. The van der Waals surface area contributed by atoms with Gasteiger partial charge in [-0.15, -0.1) is 0 Å². The monoisotopic (exact) mass is 233 g/mol. The summed E-state index contributed by atoms with van der Waals surface area (Å²) in [6.45, 7) is 4.21. The summed E-state index contributed by atoms with van der Waals surface area (Å²) in [7, 11) is 0. The fourth-order valence-corrected chi connectivity index (χ4v) is 2.36. The van der Waals surface area contributed by atoms with Crippen molar-refractivity contribution in [2.45, 2.75) is 26.3 Å². The van der Waals surface area contributed by atoms with Gasteiger partial charge in [0.2, 0.25) is 0 Å². The van der Waals surface area contributed by atoms with Crippen molar-refractivity contribution in [2.75, 3.05) is 0 Å². The number of aryl methyl sites for hydroxylation is 2. The van der Waals surface area contributed by atoms with Gasteiger partial charge in [0.1, 0.15) is 0 Å². The summed E-state index contributed by atoms with van der Waals surface area (Å²) >= 11 is 1.20. The Labute approximate surface area is 99.6 Å². The number of hydrogen-bond donors (Lipinski definition) is 1. The van der Waals surface area contributed by atoms with Crippen LogP contribution in [0.3, 0.4) is 0 Å². The summed E-state index contributed by atoms with van der Waals surface area (Å²) < 4.78 is 8.13. The second-order valence-corrected chi connectivity index (χ2v) is 4.70. The first-order valence-corrected chi connectivity index (χ1v) is 5.98. The van der Waals surface area contributed by atoms with E-state index in [-0.39, 0.29) is 6.04 Å². The fourth-order valence-electron chi connectivity index (χ4n) is 1.88. The zero-order valence-electron chi connectivity index (χ0n) is 9.47. The molecule has 0 radical (unpaired) electrons. The molecule has 0 aliphatic heterocycles. The first kappa shape index (κ1) is 11.2. The van der Waals surface area contributed by atoms with Gasteiger partial charge in [0.15, 0.2) is 0 Å². The molecule has 1 aromatic carbocycles. The Kier molecular flexibility index (Phi) is 3.31. The molecule has 0 fully saturated rings. The standard InChI is InChI=1S/C12H15N3S/c1-8-3-9(2)5-10(4-8)6-11(13)12-7-14-16-15-12/h3-5,7,11H,6,13H2,1-2H3. The van der Waals surface area contributed by atoms with Gasteiger partial charge in [-0.25, -0.2) is 0 Å². The van der Waals surface area contributed by atoms with Gasteiger partial charge in [-0.1, -0.05) is 29.3 Å². The number of hydrogen-bond acceptors (Lipinski definition) is 4. The molecule has 2 N–H and O–H groups in total. The van der Waals surface area contributed by atoms with Gasteiger partial charge in [0.05, 0.1) is 29.7 Å². The van der Waals surface area contributed by atoms with Crippen LogP contribution in [0.1, 0.15) is 28.4 Å². The minimum Gasteiger partial charge on any atom is -0.322 e. The highest BCUT2D eigenvalue weighted by Crippen LogP contribution is 2.16. The molecule has 0 saturated heterocycles. The van der Waals surface area contributed by atoms with Crippen molar-refractivity contribution in [2.24, 2.45) is 5.73 Å². The predicted molar refractivity (Wildman–Crippen MR) is 66.5 cm³/mol. The van der Waals surface area contributed by atoms with Crippen molar-refractivity contribution >= 4 is 11.7 Å². The summed E-state index contributed by atoms with van der Waals surface area (Å²) in [5, 5.41) is 0. The largest absolute Gasteiger partial charge is 0.322 e. The Balaban J connectivity index is 2.15. The van der Waals surface area contributed by atoms with E-state index in [9.17, 15) is 0 Å². The van der Waals surface area contributed by atoms with E-state index in [1.54, 1.807) is 6.20 Å². The summed E-state index contributed by atoms with van der Waals surface area (Å²) in [5.41, 5.74) is 10.8. The maximum atomic E-state index is 6.08. The second kappa shape index (κ2) is 4.72. The van der Waals surface area contributed by atoms with E-state index in [2.05, 4.69) is 40.8 Å². The summed E-state index contributed by atoms with van der Waals surface area (Å²) in [6, 6.07) is 6.46. The third-order valence-corrected chi connectivity index (χ3v) is 2.99. The molecule has 2 rings (SSSR count). The van der Waals surface area contributed by atoms with Crippen LogP contribution in [-0.2, 0) is 6.42 Å². The van der Waals surface area contributed by atoms with E-state index in [1.165, 1.54) is 28.4 Å². The lowest BCUT2D eigenvalue weighted by Crippen LogP contribution is -2.13. The number of aromatic nitrogens is 2. The van der Waals surface area contributed by atoms with Crippen LogP contribution in [0.4, 0.5) is 0 Å². The van der Waals surface area contributed by atoms with Crippen molar-refractivity contribution < 1.29 is 0 Å². The van der Waals surface area contributed by atoms with Gasteiger partial charge in [-0.2, -0.15) is 8.75 Å². The molecule has 0 aliphatic rings. The number of benzene rings is 1. The van der Waals surface area contributed by atoms with Crippen LogP contribution < -0.4 is 5.73 Å². The average molecular weight is 233 g/mol. The normalized spacial score (nSPS) is 12.7. The molecule has 16 heavy (non-hydrogen) atoms. The van der Waals surface area contributed by atoms with Gasteiger partial charge in [-0.3, -0.25) is 0 Å². The lowest BCUT2D eigenvalue weighted by Gasteiger charge is -2.09. The average Bonchev–Trinajstić information content (AvgIpc) is 2.68. The highest BCUT2D eigenvalue weighted by Gasteiger charge is 2.10. The molecule has 1 unspecified atom stereocenters. The van der Waals surface area contributed by atoms with Crippen LogP contribution in [0.25, 0.3) is 0 Å². The lowest BCUT2D eigenvalue weighted by molar-refractivity contribution is 0.703. The Morgan fingerprint density at radius 2 is 1.94 bits per heavy atom. The van der Waals surface area contributed by atoms with E-state index in [0.29, 0.717) is 0 Å². The van der Waals surface area contributed by atoms with Gasteiger partial charge < -0.3 is 5.73 Å². The van der Waals surface area contributed by atoms with Crippen LogP contribution in [0.15, 0.2) is 24.4 Å². The van der Waals surface area contributed by atoms with Crippen LogP contribution in [0, 0.1) is 13.8 Å². The Bertz CT molecular complexity index is 445. The van der Waals surface area contributed by atoms with E-state index in [0.717, 1.165) is 12.1 Å². The maximum absolute atomic E-state index is 6.08. The van der Waals surface area contributed by atoms with E-state index in [1.807, 2.05) is 0 Å².